The number of hydrogen-bond acceptors (Lipinski definition) is 5. The summed E-state index contributed by atoms with van der Waals surface area (Å²) in [5.74, 6) is 0.472. The van der Waals surface area contributed by atoms with Crippen LogP contribution in [0.1, 0.15) is 16.3 Å². The van der Waals surface area contributed by atoms with Gasteiger partial charge in [0.2, 0.25) is 10.0 Å². The predicted octanol–water partition coefficient (Wildman–Crippen LogP) is 1.98. The summed E-state index contributed by atoms with van der Waals surface area (Å²) in [6.07, 6.45) is -4.10. The summed E-state index contributed by atoms with van der Waals surface area (Å²) in [5.41, 5.74) is -0.0357. The fourth-order valence-electron chi connectivity index (χ4n) is 2.15. The first-order valence-electron chi connectivity index (χ1n) is 8.14. The highest BCUT2D eigenvalue weighted by molar-refractivity contribution is 7.89. The zero-order valence-corrected chi connectivity index (χ0v) is 16.8. The van der Waals surface area contributed by atoms with Gasteiger partial charge < -0.3 is 10.6 Å². The second kappa shape index (κ2) is 9.34. The van der Waals surface area contributed by atoms with Crippen LogP contribution in [0.25, 0.3) is 0 Å². The van der Waals surface area contributed by atoms with Gasteiger partial charge in [-0.25, -0.2) is 18.1 Å². The molecule has 0 unspecified atom stereocenters. The van der Waals surface area contributed by atoms with Crippen molar-refractivity contribution in [3.05, 3.63) is 45.9 Å². The van der Waals surface area contributed by atoms with Crippen LogP contribution in [-0.4, -0.2) is 40.0 Å². The SMILES string of the molecule is CN=C(NCCc1nc(C(F)(F)F)cs1)NCc1ccc(S(=O)(=O)NC)cc1. The number of nitrogens with zero attached hydrogens (tertiary/aromatic N) is 2. The molecule has 0 atom stereocenters. The van der Waals surface area contributed by atoms with Crippen molar-refractivity contribution in [2.75, 3.05) is 20.6 Å². The lowest BCUT2D eigenvalue weighted by atomic mass is 10.2. The Bertz CT molecular complexity index is 909. The Morgan fingerprint density at radius 2 is 1.89 bits per heavy atom. The number of rotatable bonds is 7. The van der Waals surface area contributed by atoms with E-state index in [9.17, 15) is 21.6 Å². The molecule has 7 nitrogen and oxygen atoms in total. The third-order valence-corrected chi connectivity index (χ3v) is 6.00. The highest BCUT2D eigenvalue weighted by atomic mass is 32.2. The van der Waals surface area contributed by atoms with Gasteiger partial charge >= 0.3 is 6.18 Å². The van der Waals surface area contributed by atoms with Gasteiger partial charge in [0.05, 0.1) is 9.90 Å². The summed E-state index contributed by atoms with van der Waals surface area (Å²) in [4.78, 5) is 7.78. The molecule has 1 aromatic heterocycles. The largest absolute Gasteiger partial charge is 0.434 e. The number of guanidine groups is 1. The molecule has 12 heteroatoms. The van der Waals surface area contributed by atoms with Gasteiger partial charge in [-0.1, -0.05) is 12.1 Å². The van der Waals surface area contributed by atoms with E-state index in [4.69, 9.17) is 0 Å². The fraction of sp³-hybridized carbons (Fsp3) is 0.375. The average Bonchev–Trinajstić information content (AvgIpc) is 3.14. The van der Waals surface area contributed by atoms with Gasteiger partial charge in [0.1, 0.15) is 0 Å². The van der Waals surface area contributed by atoms with E-state index in [0.29, 0.717) is 30.5 Å². The van der Waals surface area contributed by atoms with Gasteiger partial charge in [-0.2, -0.15) is 13.2 Å². The van der Waals surface area contributed by atoms with Crippen molar-refractivity contribution in [1.29, 1.82) is 0 Å². The molecule has 1 aromatic carbocycles. The van der Waals surface area contributed by atoms with Crippen LogP contribution in [-0.2, 0) is 29.2 Å². The Morgan fingerprint density at radius 1 is 1.21 bits per heavy atom. The third kappa shape index (κ3) is 6.17. The number of alkyl halides is 3. The van der Waals surface area contributed by atoms with Crippen LogP contribution in [0.3, 0.4) is 0 Å². The molecule has 0 aliphatic carbocycles. The number of benzene rings is 1. The van der Waals surface area contributed by atoms with Crippen LogP contribution < -0.4 is 15.4 Å². The van der Waals surface area contributed by atoms with Crippen LogP contribution in [0.5, 0.6) is 0 Å². The summed E-state index contributed by atoms with van der Waals surface area (Å²) in [6, 6.07) is 6.36. The molecule has 3 N–H and O–H groups in total. The lowest BCUT2D eigenvalue weighted by molar-refractivity contribution is -0.140. The number of aliphatic imine (C=N–C) groups is 1. The zero-order chi connectivity index (χ0) is 20.8. The van der Waals surface area contributed by atoms with Crippen LogP contribution >= 0.6 is 11.3 Å². The maximum Gasteiger partial charge on any atom is 0.434 e. The average molecular weight is 435 g/mol. The summed E-state index contributed by atoms with van der Waals surface area (Å²) in [7, 11) is -0.563. The van der Waals surface area contributed by atoms with Gasteiger partial charge in [0, 0.05) is 31.9 Å². The van der Waals surface area contributed by atoms with Crippen molar-refractivity contribution in [2.24, 2.45) is 4.99 Å². The van der Waals surface area contributed by atoms with E-state index in [1.54, 1.807) is 19.2 Å². The molecule has 0 amide bonds. The van der Waals surface area contributed by atoms with Gasteiger partial charge in [0.25, 0.3) is 0 Å². The highest BCUT2D eigenvalue weighted by Crippen LogP contribution is 2.29. The predicted molar refractivity (Wildman–Crippen MR) is 102 cm³/mol. The smallest absolute Gasteiger partial charge is 0.356 e. The first-order chi connectivity index (χ1) is 13.2. The molecule has 28 heavy (non-hydrogen) atoms. The molecular weight excluding hydrogens is 415 g/mol. The molecule has 0 aliphatic heterocycles. The van der Waals surface area contributed by atoms with Crippen molar-refractivity contribution in [1.82, 2.24) is 20.3 Å². The molecule has 0 bridgehead atoms. The first kappa shape index (κ1) is 22.1. The minimum atomic E-state index is -4.43. The number of halogens is 3. The Labute approximate surface area is 165 Å². The van der Waals surface area contributed by atoms with Crippen molar-refractivity contribution in [2.45, 2.75) is 24.0 Å². The lowest BCUT2D eigenvalue weighted by Crippen LogP contribution is -2.37. The summed E-state index contributed by atoms with van der Waals surface area (Å²) < 4.78 is 63.3. The van der Waals surface area contributed by atoms with Crippen molar-refractivity contribution in [3.63, 3.8) is 0 Å². The molecule has 0 saturated heterocycles. The fourth-order valence-corrected chi connectivity index (χ4v) is 3.69. The summed E-state index contributed by atoms with van der Waals surface area (Å²) in [5, 5.41) is 7.44. The Balaban J connectivity index is 1.82. The second-order valence-electron chi connectivity index (χ2n) is 5.58. The molecule has 0 fully saturated rings. The van der Waals surface area contributed by atoms with E-state index in [0.717, 1.165) is 22.3 Å². The maximum absolute atomic E-state index is 12.5. The molecule has 1 heterocycles. The molecule has 0 saturated carbocycles. The molecule has 0 aliphatic rings. The van der Waals surface area contributed by atoms with E-state index in [-0.39, 0.29) is 4.90 Å². The number of sulfonamides is 1. The molecule has 0 radical (unpaired) electrons. The van der Waals surface area contributed by atoms with Gasteiger partial charge in [-0.15, -0.1) is 11.3 Å². The van der Waals surface area contributed by atoms with Gasteiger partial charge in [-0.05, 0) is 24.7 Å². The van der Waals surface area contributed by atoms with Crippen molar-refractivity contribution < 1.29 is 21.6 Å². The molecular formula is C16H20F3N5O2S2. The van der Waals surface area contributed by atoms with E-state index in [2.05, 4.69) is 25.3 Å². The van der Waals surface area contributed by atoms with Crippen LogP contribution in [0.4, 0.5) is 13.2 Å². The van der Waals surface area contributed by atoms with E-state index in [1.807, 2.05) is 0 Å². The van der Waals surface area contributed by atoms with E-state index >= 15 is 0 Å². The minimum absolute atomic E-state index is 0.169. The quantitative estimate of drug-likeness (QED) is 0.457. The maximum atomic E-state index is 12.5. The van der Waals surface area contributed by atoms with Crippen molar-refractivity contribution >= 4 is 27.3 Å². The lowest BCUT2D eigenvalue weighted by Gasteiger charge is -2.12. The first-order valence-corrected chi connectivity index (χ1v) is 10.5. The number of nitrogens with one attached hydrogen (secondary N) is 3. The minimum Gasteiger partial charge on any atom is -0.356 e. The monoisotopic (exact) mass is 435 g/mol. The molecule has 0 spiro atoms. The second-order valence-corrected chi connectivity index (χ2v) is 8.41. The standard InChI is InChI=1S/C16H20F3N5O2S2/c1-20-15(22-8-7-14-24-13(10-27-14)16(17,18)19)23-9-11-3-5-12(6-4-11)28(25,26)21-2/h3-6,10,21H,7-9H2,1-2H3,(H2,20,22,23). The molecule has 154 valence electrons. The Kier molecular flexibility index (Phi) is 7.38. The third-order valence-electron chi connectivity index (χ3n) is 3.66. The van der Waals surface area contributed by atoms with Gasteiger partial charge in [-0.3, -0.25) is 4.99 Å². The Hall–Kier alpha value is -2.18. The topological polar surface area (TPSA) is 95.5 Å². The number of thiazole rings is 1. The summed E-state index contributed by atoms with van der Waals surface area (Å²) in [6.45, 7) is 0.763. The van der Waals surface area contributed by atoms with Crippen molar-refractivity contribution in [3.8, 4) is 0 Å². The zero-order valence-electron chi connectivity index (χ0n) is 15.2. The van der Waals surface area contributed by atoms with E-state index in [1.165, 1.54) is 19.2 Å². The highest BCUT2D eigenvalue weighted by Gasteiger charge is 2.33. The van der Waals surface area contributed by atoms with Crippen LogP contribution in [0.2, 0.25) is 0 Å². The number of hydrogen-bond donors (Lipinski definition) is 3. The normalized spacial score (nSPS) is 12.8. The van der Waals surface area contributed by atoms with E-state index < -0.39 is 21.9 Å². The summed E-state index contributed by atoms with van der Waals surface area (Å²) >= 11 is 0.965. The number of aromatic nitrogens is 1. The van der Waals surface area contributed by atoms with Gasteiger partial charge in [0.15, 0.2) is 11.7 Å². The molecule has 2 rings (SSSR count). The molecule has 2 aromatic rings. The van der Waals surface area contributed by atoms with Crippen LogP contribution in [0.15, 0.2) is 39.5 Å². The Morgan fingerprint density at radius 3 is 2.43 bits per heavy atom. The van der Waals surface area contributed by atoms with Crippen LogP contribution in [0, 0.1) is 0 Å².